The van der Waals surface area contributed by atoms with Crippen molar-refractivity contribution in [3.05, 3.63) is 66.1 Å². The molecule has 4 nitrogen and oxygen atoms in total. The van der Waals surface area contributed by atoms with Crippen LogP contribution in [0.3, 0.4) is 0 Å². The van der Waals surface area contributed by atoms with Crippen LogP contribution in [-0.4, -0.2) is 33.3 Å². The van der Waals surface area contributed by atoms with Gasteiger partial charge in [-0.15, -0.1) is 11.8 Å². The zero-order valence-corrected chi connectivity index (χ0v) is 14.9. The van der Waals surface area contributed by atoms with Crippen LogP contribution < -0.4 is 0 Å². The molecule has 1 fully saturated rings. The standard InChI is InChI=1S/C20H21N3OS/c24-20(22-11-5-1-6-12-22)17-8-2-3-9-18(17)25-15-16-14-23-13-7-4-10-19(23)21-16/h2-4,7-10,13-14H,1,5-6,11-12,15H2. The summed E-state index contributed by atoms with van der Waals surface area (Å²) >= 11 is 1.68. The van der Waals surface area contributed by atoms with Gasteiger partial charge in [-0.2, -0.15) is 0 Å². The van der Waals surface area contributed by atoms with Crippen molar-refractivity contribution < 1.29 is 4.79 Å². The maximum absolute atomic E-state index is 12.9. The average molecular weight is 351 g/mol. The number of hydrogen-bond acceptors (Lipinski definition) is 3. The summed E-state index contributed by atoms with van der Waals surface area (Å²) in [6.45, 7) is 1.76. The molecule has 0 spiro atoms. The summed E-state index contributed by atoms with van der Waals surface area (Å²) in [6, 6.07) is 13.9. The van der Waals surface area contributed by atoms with E-state index in [0.29, 0.717) is 0 Å². The number of amides is 1. The van der Waals surface area contributed by atoms with Crippen LogP contribution in [0, 0.1) is 0 Å². The first kappa shape index (κ1) is 16.2. The third-order valence-electron chi connectivity index (χ3n) is 4.55. The predicted octanol–water partition coefficient (Wildman–Crippen LogP) is 4.25. The molecule has 1 amide bonds. The van der Waals surface area contributed by atoms with Gasteiger partial charge in [-0.1, -0.05) is 18.2 Å². The SMILES string of the molecule is O=C(c1ccccc1SCc1cn2ccccc2n1)N1CCCCC1. The summed E-state index contributed by atoms with van der Waals surface area (Å²) in [5.74, 6) is 0.921. The summed E-state index contributed by atoms with van der Waals surface area (Å²) in [6.07, 6.45) is 7.51. The number of piperidine rings is 1. The number of aromatic nitrogens is 2. The van der Waals surface area contributed by atoms with Gasteiger partial charge in [0.05, 0.1) is 11.3 Å². The number of likely N-dealkylation sites (tertiary alicyclic amines) is 1. The highest BCUT2D eigenvalue weighted by atomic mass is 32.2. The molecule has 0 bridgehead atoms. The van der Waals surface area contributed by atoms with Crippen molar-refractivity contribution in [2.75, 3.05) is 13.1 Å². The van der Waals surface area contributed by atoms with Crippen molar-refractivity contribution >= 4 is 23.3 Å². The molecule has 1 aliphatic rings. The lowest BCUT2D eigenvalue weighted by Crippen LogP contribution is -2.35. The van der Waals surface area contributed by atoms with E-state index in [9.17, 15) is 4.79 Å². The summed E-state index contributed by atoms with van der Waals surface area (Å²) < 4.78 is 2.03. The van der Waals surface area contributed by atoms with Crippen LogP contribution in [0.15, 0.2) is 59.8 Å². The van der Waals surface area contributed by atoms with Gasteiger partial charge >= 0.3 is 0 Å². The second kappa shape index (κ2) is 7.31. The van der Waals surface area contributed by atoms with Crippen LogP contribution in [-0.2, 0) is 5.75 Å². The van der Waals surface area contributed by atoms with Crippen molar-refractivity contribution in [3.8, 4) is 0 Å². The normalized spacial score (nSPS) is 14.8. The highest BCUT2D eigenvalue weighted by Gasteiger charge is 2.20. The minimum atomic E-state index is 0.165. The van der Waals surface area contributed by atoms with Gasteiger partial charge in [-0.3, -0.25) is 4.79 Å². The quantitative estimate of drug-likeness (QED) is 0.659. The minimum absolute atomic E-state index is 0.165. The van der Waals surface area contributed by atoms with E-state index in [0.717, 1.165) is 53.5 Å². The van der Waals surface area contributed by atoms with Gasteiger partial charge in [0.1, 0.15) is 5.65 Å². The third-order valence-corrected chi connectivity index (χ3v) is 5.66. The molecule has 0 saturated carbocycles. The van der Waals surface area contributed by atoms with E-state index < -0.39 is 0 Å². The molecular weight excluding hydrogens is 330 g/mol. The number of pyridine rings is 1. The summed E-state index contributed by atoms with van der Waals surface area (Å²) in [5.41, 5.74) is 2.80. The first-order valence-electron chi connectivity index (χ1n) is 8.75. The van der Waals surface area contributed by atoms with Crippen LogP contribution in [0.5, 0.6) is 0 Å². The number of carbonyl (C=O) groups is 1. The molecule has 2 aromatic heterocycles. The lowest BCUT2D eigenvalue weighted by atomic mass is 10.1. The van der Waals surface area contributed by atoms with Crippen molar-refractivity contribution in [2.45, 2.75) is 29.9 Å². The zero-order chi connectivity index (χ0) is 17.1. The second-order valence-electron chi connectivity index (χ2n) is 6.34. The molecule has 3 heterocycles. The van der Waals surface area contributed by atoms with Gasteiger partial charge in [0, 0.05) is 36.1 Å². The monoisotopic (exact) mass is 351 g/mol. The molecule has 4 rings (SSSR count). The minimum Gasteiger partial charge on any atom is -0.339 e. The van der Waals surface area contributed by atoms with Crippen molar-refractivity contribution in [2.24, 2.45) is 0 Å². The van der Waals surface area contributed by atoms with E-state index >= 15 is 0 Å². The Hall–Kier alpha value is -2.27. The number of nitrogens with zero attached hydrogens (tertiary/aromatic N) is 3. The second-order valence-corrected chi connectivity index (χ2v) is 7.35. The highest BCUT2D eigenvalue weighted by Crippen LogP contribution is 2.27. The number of benzene rings is 1. The molecule has 1 aromatic carbocycles. The number of rotatable bonds is 4. The van der Waals surface area contributed by atoms with Gasteiger partial charge in [-0.05, 0) is 43.5 Å². The summed E-state index contributed by atoms with van der Waals surface area (Å²) in [7, 11) is 0. The van der Waals surface area contributed by atoms with E-state index in [-0.39, 0.29) is 5.91 Å². The Labute approximate surface area is 151 Å². The Morgan fingerprint density at radius 3 is 2.68 bits per heavy atom. The predicted molar refractivity (Wildman–Crippen MR) is 101 cm³/mol. The van der Waals surface area contributed by atoms with Crippen LogP contribution in [0.4, 0.5) is 0 Å². The van der Waals surface area contributed by atoms with Gasteiger partial charge in [0.15, 0.2) is 0 Å². The number of thioether (sulfide) groups is 1. The first-order valence-corrected chi connectivity index (χ1v) is 9.73. The molecule has 0 radical (unpaired) electrons. The number of fused-ring (bicyclic) bond motifs is 1. The largest absolute Gasteiger partial charge is 0.339 e. The average Bonchev–Trinajstić information content (AvgIpc) is 3.10. The van der Waals surface area contributed by atoms with E-state index in [2.05, 4.69) is 11.2 Å². The lowest BCUT2D eigenvalue weighted by molar-refractivity contribution is 0.0721. The Morgan fingerprint density at radius 1 is 1.04 bits per heavy atom. The van der Waals surface area contributed by atoms with Crippen LogP contribution in [0.2, 0.25) is 0 Å². The third kappa shape index (κ3) is 3.56. The molecule has 25 heavy (non-hydrogen) atoms. The zero-order valence-electron chi connectivity index (χ0n) is 14.1. The van der Waals surface area contributed by atoms with Crippen molar-refractivity contribution in [1.82, 2.24) is 14.3 Å². The number of carbonyl (C=O) groups excluding carboxylic acids is 1. The maximum atomic E-state index is 12.9. The van der Waals surface area contributed by atoms with Gasteiger partial charge in [0.25, 0.3) is 5.91 Å². The smallest absolute Gasteiger partial charge is 0.254 e. The molecule has 0 aliphatic carbocycles. The Kier molecular flexibility index (Phi) is 4.74. The fraction of sp³-hybridized carbons (Fsp3) is 0.300. The number of hydrogen-bond donors (Lipinski definition) is 0. The summed E-state index contributed by atoms with van der Waals surface area (Å²) in [4.78, 5) is 20.5. The molecule has 0 N–H and O–H groups in total. The first-order chi connectivity index (χ1) is 12.3. The van der Waals surface area contributed by atoms with Gasteiger partial charge in [0.2, 0.25) is 0 Å². The molecule has 0 atom stereocenters. The number of imidazole rings is 1. The van der Waals surface area contributed by atoms with Crippen LogP contribution >= 0.6 is 11.8 Å². The lowest BCUT2D eigenvalue weighted by Gasteiger charge is -2.27. The fourth-order valence-electron chi connectivity index (χ4n) is 3.24. The van der Waals surface area contributed by atoms with Crippen molar-refractivity contribution in [3.63, 3.8) is 0 Å². The molecule has 3 aromatic rings. The molecule has 5 heteroatoms. The maximum Gasteiger partial charge on any atom is 0.254 e. The Balaban J connectivity index is 1.51. The van der Waals surface area contributed by atoms with E-state index in [1.165, 1.54) is 6.42 Å². The topological polar surface area (TPSA) is 37.6 Å². The van der Waals surface area contributed by atoms with E-state index in [1.54, 1.807) is 11.8 Å². The molecule has 0 unspecified atom stereocenters. The van der Waals surface area contributed by atoms with Crippen molar-refractivity contribution in [1.29, 1.82) is 0 Å². The molecule has 1 saturated heterocycles. The van der Waals surface area contributed by atoms with Gasteiger partial charge < -0.3 is 9.30 Å². The van der Waals surface area contributed by atoms with E-state index in [1.807, 2.05) is 58.0 Å². The molecule has 1 aliphatic heterocycles. The van der Waals surface area contributed by atoms with E-state index in [4.69, 9.17) is 0 Å². The summed E-state index contributed by atoms with van der Waals surface area (Å²) in [5, 5.41) is 0. The van der Waals surface area contributed by atoms with Crippen LogP contribution in [0.25, 0.3) is 5.65 Å². The Morgan fingerprint density at radius 2 is 1.84 bits per heavy atom. The molecule has 128 valence electrons. The molecular formula is C20H21N3OS. The van der Waals surface area contributed by atoms with Gasteiger partial charge in [-0.25, -0.2) is 4.98 Å². The van der Waals surface area contributed by atoms with Crippen LogP contribution in [0.1, 0.15) is 35.3 Å². The highest BCUT2D eigenvalue weighted by molar-refractivity contribution is 7.98. The fourth-order valence-corrected chi connectivity index (χ4v) is 4.17. The Bertz CT molecular complexity index is 850.